The molecule has 0 atom stereocenters. The number of aliphatic hydroxyl groups excluding tert-OH is 1. The van der Waals surface area contributed by atoms with Gasteiger partial charge in [-0.15, -0.1) is 0 Å². The molecule has 0 saturated carbocycles. The molecule has 104 valence electrons. The second-order valence-corrected chi connectivity index (χ2v) is 5.22. The molecule has 0 radical (unpaired) electrons. The minimum atomic E-state index is -0.568. The largest absolute Gasteiger partial charge is 0.449 e. The average Bonchev–Trinajstić information content (AvgIpc) is 2.42. The molecule has 2 aromatic carbocycles. The van der Waals surface area contributed by atoms with Crippen LogP contribution in [0.25, 0.3) is 0 Å². The third-order valence-corrected chi connectivity index (χ3v) is 3.31. The molecular weight excluding hydrogens is 350 g/mol. The summed E-state index contributed by atoms with van der Waals surface area (Å²) in [6.07, 6.45) is 0. The first-order chi connectivity index (χ1) is 9.51. The lowest BCUT2D eigenvalue weighted by Gasteiger charge is -2.09. The fraction of sp³-hybridized carbons (Fsp3) is 0.0769. The summed E-state index contributed by atoms with van der Waals surface area (Å²) < 4.78 is 6.26. The van der Waals surface area contributed by atoms with E-state index in [0.29, 0.717) is 16.3 Å². The van der Waals surface area contributed by atoms with Gasteiger partial charge in [-0.2, -0.15) is 0 Å². The Balaban J connectivity index is 2.40. The third-order valence-electron chi connectivity index (χ3n) is 2.52. The topological polar surface area (TPSA) is 72.6 Å². The van der Waals surface area contributed by atoms with Crippen LogP contribution in [-0.4, -0.2) is 10.0 Å². The van der Waals surface area contributed by atoms with Crippen LogP contribution >= 0.6 is 27.5 Å². The average molecular weight is 359 g/mol. The lowest BCUT2D eigenvalue weighted by molar-refractivity contribution is -0.385. The Labute approximate surface area is 128 Å². The molecule has 5 nitrogen and oxygen atoms in total. The van der Waals surface area contributed by atoms with E-state index in [2.05, 4.69) is 15.9 Å². The van der Waals surface area contributed by atoms with Crippen molar-refractivity contribution < 1.29 is 14.8 Å². The van der Waals surface area contributed by atoms with Crippen molar-refractivity contribution >= 4 is 33.2 Å². The second-order valence-electron chi connectivity index (χ2n) is 3.89. The zero-order chi connectivity index (χ0) is 14.7. The third kappa shape index (κ3) is 3.27. The number of aliphatic hydroxyl groups is 1. The van der Waals surface area contributed by atoms with Crippen molar-refractivity contribution in [3.05, 3.63) is 61.6 Å². The van der Waals surface area contributed by atoms with Crippen LogP contribution in [0.5, 0.6) is 11.5 Å². The zero-order valence-corrected chi connectivity index (χ0v) is 12.4. The molecule has 0 heterocycles. The summed E-state index contributed by atoms with van der Waals surface area (Å²) in [5.41, 5.74) is 0.210. The van der Waals surface area contributed by atoms with Crippen molar-refractivity contribution in [1.29, 1.82) is 0 Å². The molecule has 0 amide bonds. The fourth-order valence-electron chi connectivity index (χ4n) is 1.57. The predicted octanol–water partition coefficient (Wildman–Crippen LogP) is 4.30. The summed E-state index contributed by atoms with van der Waals surface area (Å²) in [5.74, 6) is 0.381. The standard InChI is InChI=1S/C13H9BrClNO4/c14-9-2-4-12(10(15)6-9)20-13-3-1-8(7-17)5-11(13)16(18)19/h1-6,17H,7H2. The van der Waals surface area contributed by atoms with Crippen molar-refractivity contribution in [2.45, 2.75) is 6.61 Å². The van der Waals surface area contributed by atoms with Gasteiger partial charge in [0.2, 0.25) is 5.75 Å². The molecule has 2 aromatic rings. The lowest BCUT2D eigenvalue weighted by Crippen LogP contribution is -1.96. The van der Waals surface area contributed by atoms with E-state index in [1.807, 2.05) is 0 Å². The van der Waals surface area contributed by atoms with Crippen molar-refractivity contribution in [1.82, 2.24) is 0 Å². The molecule has 0 aliphatic carbocycles. The van der Waals surface area contributed by atoms with Crippen LogP contribution in [0.1, 0.15) is 5.56 Å². The van der Waals surface area contributed by atoms with Crippen LogP contribution in [0.3, 0.4) is 0 Å². The van der Waals surface area contributed by atoms with E-state index < -0.39 is 4.92 Å². The van der Waals surface area contributed by atoms with Crippen LogP contribution in [0.2, 0.25) is 5.02 Å². The van der Waals surface area contributed by atoms with E-state index >= 15 is 0 Å². The van der Waals surface area contributed by atoms with E-state index in [9.17, 15) is 10.1 Å². The Hall–Kier alpha value is -1.63. The van der Waals surface area contributed by atoms with Gasteiger partial charge < -0.3 is 9.84 Å². The Kier molecular flexibility index (Phi) is 4.59. The second kappa shape index (κ2) is 6.21. The highest BCUT2D eigenvalue weighted by Gasteiger charge is 2.17. The molecule has 20 heavy (non-hydrogen) atoms. The summed E-state index contributed by atoms with van der Waals surface area (Å²) in [5, 5.41) is 20.4. The molecular formula is C13H9BrClNO4. The quantitative estimate of drug-likeness (QED) is 0.653. The zero-order valence-electron chi connectivity index (χ0n) is 10.0. The summed E-state index contributed by atoms with van der Waals surface area (Å²) in [4.78, 5) is 10.5. The van der Waals surface area contributed by atoms with Crippen LogP contribution in [0.15, 0.2) is 40.9 Å². The van der Waals surface area contributed by atoms with Crippen LogP contribution in [-0.2, 0) is 6.61 Å². The molecule has 0 bridgehead atoms. The number of rotatable bonds is 4. The number of nitrogens with zero attached hydrogens (tertiary/aromatic N) is 1. The summed E-state index contributed by atoms with van der Waals surface area (Å²) in [6.45, 7) is -0.278. The SMILES string of the molecule is O=[N+]([O-])c1cc(CO)ccc1Oc1ccc(Br)cc1Cl. The highest BCUT2D eigenvalue weighted by Crippen LogP contribution is 2.36. The van der Waals surface area contributed by atoms with E-state index in [4.69, 9.17) is 21.4 Å². The normalized spacial score (nSPS) is 10.3. The maximum Gasteiger partial charge on any atom is 0.311 e. The monoisotopic (exact) mass is 357 g/mol. The maximum absolute atomic E-state index is 11.0. The van der Waals surface area contributed by atoms with Gasteiger partial charge in [0.1, 0.15) is 5.75 Å². The molecule has 0 spiro atoms. The molecule has 0 aliphatic rings. The fourth-order valence-corrected chi connectivity index (χ4v) is 2.28. The van der Waals surface area contributed by atoms with Crippen molar-refractivity contribution in [2.75, 3.05) is 0 Å². The molecule has 0 fully saturated rings. The molecule has 0 unspecified atom stereocenters. The first-order valence-electron chi connectivity index (χ1n) is 5.52. The predicted molar refractivity (Wildman–Crippen MR) is 78.2 cm³/mol. The van der Waals surface area contributed by atoms with Crippen LogP contribution in [0, 0.1) is 10.1 Å². The first kappa shape index (κ1) is 14.8. The Morgan fingerprint density at radius 1 is 1.25 bits per heavy atom. The highest BCUT2D eigenvalue weighted by molar-refractivity contribution is 9.10. The molecule has 0 aromatic heterocycles. The van der Waals surface area contributed by atoms with E-state index in [0.717, 1.165) is 4.47 Å². The van der Waals surface area contributed by atoms with E-state index in [1.165, 1.54) is 12.1 Å². The summed E-state index contributed by atoms with van der Waals surface area (Å²) >= 11 is 9.27. The number of halogens is 2. The van der Waals surface area contributed by atoms with Crippen LogP contribution in [0.4, 0.5) is 5.69 Å². The van der Waals surface area contributed by atoms with E-state index in [-0.39, 0.29) is 18.0 Å². The molecule has 0 aliphatic heterocycles. The first-order valence-corrected chi connectivity index (χ1v) is 6.69. The van der Waals surface area contributed by atoms with Gasteiger partial charge in [0.15, 0.2) is 0 Å². The highest BCUT2D eigenvalue weighted by atomic mass is 79.9. The Morgan fingerprint density at radius 3 is 2.55 bits per heavy atom. The van der Waals surface area contributed by atoms with Gasteiger partial charge in [-0.25, -0.2) is 0 Å². The number of nitro benzene ring substituents is 1. The summed E-state index contributed by atoms with van der Waals surface area (Å²) in [6, 6.07) is 9.20. The van der Waals surface area contributed by atoms with Crippen LogP contribution < -0.4 is 4.74 Å². The number of hydrogen-bond acceptors (Lipinski definition) is 4. The molecule has 7 heteroatoms. The number of ether oxygens (including phenoxy) is 1. The minimum Gasteiger partial charge on any atom is -0.449 e. The van der Waals surface area contributed by atoms with Gasteiger partial charge in [0.25, 0.3) is 0 Å². The minimum absolute atomic E-state index is 0.0661. The van der Waals surface area contributed by atoms with Gasteiger partial charge >= 0.3 is 5.69 Å². The van der Waals surface area contributed by atoms with Gasteiger partial charge in [0.05, 0.1) is 16.6 Å². The van der Waals surface area contributed by atoms with E-state index in [1.54, 1.807) is 24.3 Å². The number of benzene rings is 2. The Morgan fingerprint density at radius 2 is 1.95 bits per heavy atom. The van der Waals surface area contributed by atoms with Gasteiger partial charge in [-0.1, -0.05) is 33.6 Å². The lowest BCUT2D eigenvalue weighted by atomic mass is 10.2. The number of nitro groups is 1. The smallest absolute Gasteiger partial charge is 0.311 e. The molecule has 0 saturated heterocycles. The van der Waals surface area contributed by atoms with Crippen molar-refractivity contribution in [2.24, 2.45) is 0 Å². The van der Waals surface area contributed by atoms with Gasteiger partial charge in [0, 0.05) is 10.5 Å². The Bertz CT molecular complexity index is 663. The van der Waals surface area contributed by atoms with Crippen molar-refractivity contribution in [3.63, 3.8) is 0 Å². The maximum atomic E-state index is 11.0. The summed E-state index contributed by atoms with van der Waals surface area (Å²) in [7, 11) is 0. The van der Waals surface area contributed by atoms with Crippen molar-refractivity contribution in [3.8, 4) is 11.5 Å². The van der Waals surface area contributed by atoms with Gasteiger partial charge in [-0.3, -0.25) is 10.1 Å². The van der Waals surface area contributed by atoms with Gasteiger partial charge in [-0.05, 0) is 29.8 Å². The number of hydrogen-bond donors (Lipinski definition) is 1. The molecule has 2 rings (SSSR count). The molecule has 1 N–H and O–H groups in total.